The molecule has 20 heavy (non-hydrogen) atoms. The van der Waals surface area contributed by atoms with Gasteiger partial charge in [0.2, 0.25) is 0 Å². The minimum Gasteiger partial charge on any atom is -0.493 e. The van der Waals surface area contributed by atoms with Crippen molar-refractivity contribution in [1.29, 1.82) is 0 Å². The van der Waals surface area contributed by atoms with Crippen LogP contribution in [0.2, 0.25) is 0 Å². The number of methoxy groups -OCH3 is 2. The number of nitrogens with zero attached hydrogens (tertiary/aromatic N) is 1. The van der Waals surface area contributed by atoms with Crippen molar-refractivity contribution in [2.45, 2.75) is 19.3 Å². The van der Waals surface area contributed by atoms with Gasteiger partial charge in [0.15, 0.2) is 11.5 Å². The monoisotopic (exact) mass is 277 g/mol. The van der Waals surface area contributed by atoms with Crippen LogP contribution in [0.25, 0.3) is 0 Å². The molecular weight excluding hydrogens is 258 g/mol. The predicted molar refractivity (Wildman–Crippen MR) is 74.3 cm³/mol. The Bertz CT molecular complexity index is 513. The molecule has 5 nitrogen and oxygen atoms in total. The molecule has 1 amide bonds. The zero-order valence-electron chi connectivity index (χ0n) is 11.8. The van der Waals surface area contributed by atoms with Gasteiger partial charge in [-0.1, -0.05) is 0 Å². The number of benzene rings is 1. The van der Waals surface area contributed by atoms with Crippen LogP contribution in [-0.2, 0) is 4.79 Å². The Morgan fingerprint density at radius 1 is 1.10 bits per heavy atom. The second-order valence-electron chi connectivity index (χ2n) is 4.75. The van der Waals surface area contributed by atoms with E-state index in [0.29, 0.717) is 43.0 Å². The van der Waals surface area contributed by atoms with Gasteiger partial charge in [-0.3, -0.25) is 9.59 Å². The Balaban J connectivity index is 2.18. The van der Waals surface area contributed by atoms with Gasteiger partial charge in [0.05, 0.1) is 14.2 Å². The molecule has 1 aromatic carbocycles. The van der Waals surface area contributed by atoms with Gasteiger partial charge in [0, 0.05) is 31.5 Å². The summed E-state index contributed by atoms with van der Waals surface area (Å²) in [5, 5.41) is 0. The molecule has 1 fully saturated rings. The van der Waals surface area contributed by atoms with Crippen molar-refractivity contribution in [2.24, 2.45) is 0 Å². The second kappa shape index (κ2) is 6.41. The number of carbonyl (C=O) groups is 2. The van der Waals surface area contributed by atoms with E-state index in [1.807, 2.05) is 0 Å². The third-order valence-corrected chi connectivity index (χ3v) is 3.46. The van der Waals surface area contributed by atoms with E-state index in [4.69, 9.17) is 9.47 Å². The highest BCUT2D eigenvalue weighted by molar-refractivity contribution is 5.95. The number of hydrogen-bond donors (Lipinski definition) is 0. The average Bonchev–Trinajstić information content (AvgIpc) is 2.70. The first-order valence-corrected chi connectivity index (χ1v) is 6.68. The van der Waals surface area contributed by atoms with Crippen molar-refractivity contribution in [3.8, 4) is 11.5 Å². The van der Waals surface area contributed by atoms with Crippen LogP contribution in [0.5, 0.6) is 11.5 Å². The number of amides is 1. The van der Waals surface area contributed by atoms with Crippen LogP contribution in [0.3, 0.4) is 0 Å². The molecule has 0 unspecified atom stereocenters. The molecule has 1 aliphatic rings. The van der Waals surface area contributed by atoms with E-state index in [9.17, 15) is 9.59 Å². The van der Waals surface area contributed by atoms with E-state index in [1.165, 1.54) is 7.11 Å². The normalized spacial score (nSPS) is 15.7. The van der Waals surface area contributed by atoms with Gasteiger partial charge in [-0.25, -0.2) is 0 Å². The highest BCUT2D eigenvalue weighted by Gasteiger charge is 2.21. The number of ether oxygens (including phenoxy) is 2. The van der Waals surface area contributed by atoms with Crippen molar-refractivity contribution in [1.82, 2.24) is 4.90 Å². The Kier molecular flexibility index (Phi) is 4.61. The molecule has 0 bridgehead atoms. The molecule has 0 saturated carbocycles. The van der Waals surface area contributed by atoms with Crippen LogP contribution in [0.4, 0.5) is 0 Å². The molecule has 1 saturated heterocycles. The van der Waals surface area contributed by atoms with Crippen molar-refractivity contribution >= 4 is 11.7 Å². The fourth-order valence-corrected chi connectivity index (χ4v) is 2.32. The van der Waals surface area contributed by atoms with Crippen molar-refractivity contribution < 1.29 is 19.1 Å². The fourth-order valence-electron chi connectivity index (χ4n) is 2.32. The minimum absolute atomic E-state index is 0.0688. The lowest BCUT2D eigenvalue weighted by molar-refractivity contribution is -0.118. The summed E-state index contributed by atoms with van der Waals surface area (Å²) in [5.74, 6) is 1.28. The van der Waals surface area contributed by atoms with Gasteiger partial charge < -0.3 is 14.4 Å². The van der Waals surface area contributed by atoms with Gasteiger partial charge in [-0.05, 0) is 24.6 Å². The minimum atomic E-state index is -0.0688. The van der Waals surface area contributed by atoms with Crippen LogP contribution in [0.15, 0.2) is 18.2 Å². The standard InChI is InChI=1S/C15H19NO4/c1-19-13-6-5-11(10-14(13)20-2)15(18)16-8-3-4-12(17)7-9-16/h5-6,10H,3-4,7-9H2,1-2H3. The van der Waals surface area contributed by atoms with Crippen molar-refractivity contribution in [3.05, 3.63) is 23.8 Å². The Morgan fingerprint density at radius 3 is 2.55 bits per heavy atom. The molecular formula is C15H19NO4. The average molecular weight is 277 g/mol. The van der Waals surface area contributed by atoms with Crippen LogP contribution in [0.1, 0.15) is 29.6 Å². The summed E-state index contributed by atoms with van der Waals surface area (Å²) in [6.07, 6.45) is 1.74. The lowest BCUT2D eigenvalue weighted by atomic mass is 10.1. The summed E-state index contributed by atoms with van der Waals surface area (Å²) in [6.45, 7) is 1.12. The molecule has 1 aromatic rings. The maximum atomic E-state index is 12.4. The van der Waals surface area contributed by atoms with E-state index in [2.05, 4.69) is 0 Å². The zero-order chi connectivity index (χ0) is 14.5. The maximum absolute atomic E-state index is 12.4. The summed E-state index contributed by atoms with van der Waals surface area (Å²) >= 11 is 0. The zero-order valence-corrected chi connectivity index (χ0v) is 11.8. The Hall–Kier alpha value is -2.04. The summed E-state index contributed by atoms with van der Waals surface area (Å²) in [7, 11) is 3.09. The van der Waals surface area contributed by atoms with Crippen LogP contribution in [-0.4, -0.2) is 43.9 Å². The molecule has 0 N–H and O–H groups in total. The largest absolute Gasteiger partial charge is 0.493 e. The van der Waals surface area contributed by atoms with Gasteiger partial charge in [0.25, 0.3) is 5.91 Å². The number of likely N-dealkylation sites (tertiary alicyclic amines) is 1. The first-order valence-electron chi connectivity index (χ1n) is 6.68. The number of ketones is 1. The van der Waals surface area contributed by atoms with Gasteiger partial charge >= 0.3 is 0 Å². The van der Waals surface area contributed by atoms with E-state index < -0.39 is 0 Å². The smallest absolute Gasteiger partial charge is 0.254 e. The summed E-state index contributed by atoms with van der Waals surface area (Å²) in [5.41, 5.74) is 0.553. The van der Waals surface area contributed by atoms with Crippen LogP contribution in [0, 0.1) is 0 Å². The molecule has 0 spiro atoms. The predicted octanol–water partition coefficient (Wildman–Crippen LogP) is 1.90. The first kappa shape index (κ1) is 14.4. The molecule has 0 aliphatic carbocycles. The van der Waals surface area contributed by atoms with Crippen LogP contribution < -0.4 is 9.47 Å². The molecule has 2 rings (SSSR count). The lowest BCUT2D eigenvalue weighted by Crippen LogP contribution is -2.32. The van der Waals surface area contributed by atoms with Gasteiger partial charge in [-0.2, -0.15) is 0 Å². The topological polar surface area (TPSA) is 55.8 Å². The third-order valence-electron chi connectivity index (χ3n) is 3.46. The highest BCUT2D eigenvalue weighted by atomic mass is 16.5. The molecule has 1 heterocycles. The van der Waals surface area contributed by atoms with E-state index in [1.54, 1.807) is 30.2 Å². The summed E-state index contributed by atoms with van der Waals surface area (Å²) in [6, 6.07) is 5.11. The SMILES string of the molecule is COc1ccc(C(=O)N2CCCC(=O)CC2)cc1OC. The maximum Gasteiger partial charge on any atom is 0.254 e. The number of hydrogen-bond acceptors (Lipinski definition) is 4. The Morgan fingerprint density at radius 2 is 1.85 bits per heavy atom. The summed E-state index contributed by atoms with van der Waals surface area (Å²) < 4.78 is 10.4. The van der Waals surface area contributed by atoms with E-state index in [0.717, 1.165) is 6.42 Å². The lowest BCUT2D eigenvalue weighted by Gasteiger charge is -2.20. The van der Waals surface area contributed by atoms with E-state index in [-0.39, 0.29) is 11.7 Å². The number of carbonyl (C=O) groups excluding carboxylic acids is 2. The molecule has 1 aliphatic heterocycles. The summed E-state index contributed by atoms with van der Waals surface area (Å²) in [4.78, 5) is 25.6. The first-order chi connectivity index (χ1) is 9.65. The van der Waals surface area contributed by atoms with Gasteiger partial charge in [0.1, 0.15) is 5.78 Å². The molecule has 108 valence electrons. The number of rotatable bonds is 3. The van der Waals surface area contributed by atoms with Crippen LogP contribution >= 0.6 is 0 Å². The van der Waals surface area contributed by atoms with Gasteiger partial charge in [-0.15, -0.1) is 0 Å². The Labute approximate surface area is 118 Å². The second-order valence-corrected chi connectivity index (χ2v) is 4.75. The number of Topliss-reactive ketones (excluding diaryl/α,β-unsaturated/α-hetero) is 1. The molecule has 0 radical (unpaired) electrons. The van der Waals surface area contributed by atoms with E-state index >= 15 is 0 Å². The third kappa shape index (κ3) is 3.10. The molecule has 5 heteroatoms. The highest BCUT2D eigenvalue weighted by Crippen LogP contribution is 2.28. The van der Waals surface area contributed by atoms with Crippen molar-refractivity contribution in [3.63, 3.8) is 0 Å². The molecule has 0 aromatic heterocycles. The quantitative estimate of drug-likeness (QED) is 0.846. The molecule has 0 atom stereocenters. The van der Waals surface area contributed by atoms with Crippen molar-refractivity contribution in [2.75, 3.05) is 27.3 Å². The fraction of sp³-hybridized carbons (Fsp3) is 0.467.